The molecule has 1 aromatic heterocycles. The lowest BCUT2D eigenvalue weighted by Crippen LogP contribution is -2.32. The van der Waals surface area contributed by atoms with Crippen molar-refractivity contribution in [2.24, 2.45) is 5.92 Å². The maximum Gasteiger partial charge on any atom is 0.274 e. The summed E-state index contributed by atoms with van der Waals surface area (Å²) in [6, 6.07) is 10.9. The number of nitrogens with zero attached hydrogens (tertiary/aromatic N) is 2. The molecule has 3 rings (SSSR count). The number of anilines is 2. The summed E-state index contributed by atoms with van der Waals surface area (Å²) in [5.74, 6) is 0.173. The number of carbonyl (C=O) groups is 2. The number of pyridine rings is 1. The summed E-state index contributed by atoms with van der Waals surface area (Å²) in [5.41, 5.74) is 2.45. The normalized spacial score (nSPS) is 14.4. The topological polar surface area (TPSA) is 74.3 Å². The summed E-state index contributed by atoms with van der Waals surface area (Å²) in [6.07, 6.45) is 5.47. The standard InChI is InChI=1S/C22H26N4O2/c1-3-11-24-21(27)17-8-12-23-20(15-17)22(28)25-18-4-6-19(7-5-18)26-13-9-16(2)10-14-26/h3-8,12,15-16H,1,9-11,13-14H2,2H3,(H,24,27)(H,25,28). The van der Waals surface area contributed by atoms with Gasteiger partial charge >= 0.3 is 0 Å². The Balaban J connectivity index is 1.63. The van der Waals surface area contributed by atoms with E-state index in [4.69, 9.17) is 0 Å². The SMILES string of the molecule is C=CCNC(=O)c1ccnc(C(=O)Nc2ccc(N3CCC(C)CC3)cc2)c1. The summed E-state index contributed by atoms with van der Waals surface area (Å²) >= 11 is 0. The second-order valence-corrected chi connectivity index (χ2v) is 7.10. The van der Waals surface area contributed by atoms with E-state index in [9.17, 15) is 9.59 Å². The molecule has 1 aliphatic rings. The summed E-state index contributed by atoms with van der Waals surface area (Å²) in [4.78, 5) is 31.0. The van der Waals surface area contributed by atoms with Crippen LogP contribution in [0.2, 0.25) is 0 Å². The highest BCUT2D eigenvalue weighted by atomic mass is 16.2. The fourth-order valence-electron chi connectivity index (χ4n) is 3.18. The number of amides is 2. The molecule has 1 saturated heterocycles. The molecule has 0 spiro atoms. The Morgan fingerprint density at radius 1 is 1.18 bits per heavy atom. The molecule has 6 nitrogen and oxygen atoms in total. The Morgan fingerprint density at radius 2 is 1.89 bits per heavy atom. The van der Waals surface area contributed by atoms with Crippen LogP contribution in [0, 0.1) is 5.92 Å². The van der Waals surface area contributed by atoms with Crippen molar-refractivity contribution in [3.63, 3.8) is 0 Å². The lowest BCUT2D eigenvalue weighted by atomic mass is 9.99. The van der Waals surface area contributed by atoms with Crippen molar-refractivity contribution in [3.8, 4) is 0 Å². The average Bonchev–Trinajstić information content (AvgIpc) is 2.73. The predicted octanol–water partition coefficient (Wildman–Crippen LogP) is 3.49. The van der Waals surface area contributed by atoms with Crippen molar-refractivity contribution < 1.29 is 9.59 Å². The molecule has 2 amide bonds. The first-order chi connectivity index (χ1) is 13.6. The quantitative estimate of drug-likeness (QED) is 0.755. The fourth-order valence-corrected chi connectivity index (χ4v) is 3.18. The summed E-state index contributed by atoms with van der Waals surface area (Å²) in [7, 11) is 0. The second kappa shape index (κ2) is 9.17. The maximum atomic E-state index is 12.5. The van der Waals surface area contributed by atoms with Crippen LogP contribution in [0.5, 0.6) is 0 Å². The molecule has 0 aliphatic carbocycles. The highest BCUT2D eigenvalue weighted by Crippen LogP contribution is 2.24. The highest BCUT2D eigenvalue weighted by molar-refractivity contribution is 6.04. The molecular weight excluding hydrogens is 352 g/mol. The average molecular weight is 378 g/mol. The van der Waals surface area contributed by atoms with Crippen LogP contribution in [0.25, 0.3) is 0 Å². The van der Waals surface area contributed by atoms with Gasteiger partial charge in [0.1, 0.15) is 5.69 Å². The molecule has 0 unspecified atom stereocenters. The van der Waals surface area contributed by atoms with Crippen LogP contribution in [-0.4, -0.2) is 36.4 Å². The predicted molar refractivity (Wildman–Crippen MR) is 112 cm³/mol. The van der Waals surface area contributed by atoms with Crippen molar-refractivity contribution in [1.29, 1.82) is 0 Å². The van der Waals surface area contributed by atoms with Crippen LogP contribution in [0.1, 0.15) is 40.6 Å². The lowest BCUT2D eigenvalue weighted by Gasteiger charge is -2.32. The van der Waals surface area contributed by atoms with E-state index >= 15 is 0 Å². The van der Waals surface area contributed by atoms with Gasteiger partial charge in [-0.15, -0.1) is 6.58 Å². The first-order valence-corrected chi connectivity index (χ1v) is 9.58. The zero-order chi connectivity index (χ0) is 19.9. The number of rotatable bonds is 6. The largest absolute Gasteiger partial charge is 0.372 e. The Labute approximate surface area is 165 Å². The molecule has 2 heterocycles. The van der Waals surface area contributed by atoms with Crippen molar-refractivity contribution in [3.05, 3.63) is 66.5 Å². The number of hydrogen-bond acceptors (Lipinski definition) is 4. The first-order valence-electron chi connectivity index (χ1n) is 9.58. The van der Waals surface area contributed by atoms with Gasteiger partial charge < -0.3 is 15.5 Å². The van der Waals surface area contributed by atoms with Gasteiger partial charge in [0.05, 0.1) is 0 Å². The number of piperidine rings is 1. The molecule has 1 aromatic carbocycles. The van der Waals surface area contributed by atoms with Gasteiger partial charge in [-0.3, -0.25) is 14.6 Å². The Morgan fingerprint density at radius 3 is 2.57 bits per heavy atom. The number of benzene rings is 1. The molecular formula is C22H26N4O2. The van der Waals surface area contributed by atoms with Gasteiger partial charge in [-0.05, 0) is 55.2 Å². The van der Waals surface area contributed by atoms with E-state index in [1.165, 1.54) is 30.8 Å². The number of hydrogen-bond donors (Lipinski definition) is 2. The van der Waals surface area contributed by atoms with Crippen LogP contribution in [0.3, 0.4) is 0 Å². The van der Waals surface area contributed by atoms with Gasteiger partial charge in [-0.1, -0.05) is 13.0 Å². The molecule has 28 heavy (non-hydrogen) atoms. The van der Waals surface area contributed by atoms with E-state index in [-0.39, 0.29) is 17.5 Å². The van der Waals surface area contributed by atoms with Crippen LogP contribution in [-0.2, 0) is 0 Å². The monoisotopic (exact) mass is 378 g/mol. The Hall–Kier alpha value is -3.15. The molecule has 2 N–H and O–H groups in total. The summed E-state index contributed by atoms with van der Waals surface area (Å²) < 4.78 is 0. The van der Waals surface area contributed by atoms with E-state index in [1.807, 2.05) is 24.3 Å². The van der Waals surface area contributed by atoms with Gasteiger partial charge in [0.15, 0.2) is 0 Å². The van der Waals surface area contributed by atoms with Gasteiger partial charge in [-0.25, -0.2) is 0 Å². The van der Waals surface area contributed by atoms with Crippen LogP contribution < -0.4 is 15.5 Å². The van der Waals surface area contributed by atoms with Gasteiger partial charge in [0, 0.05) is 42.8 Å². The van der Waals surface area contributed by atoms with Crippen molar-refractivity contribution >= 4 is 23.2 Å². The van der Waals surface area contributed by atoms with E-state index in [1.54, 1.807) is 12.1 Å². The fraction of sp³-hybridized carbons (Fsp3) is 0.318. The molecule has 6 heteroatoms. The van der Waals surface area contributed by atoms with Crippen LogP contribution in [0.4, 0.5) is 11.4 Å². The van der Waals surface area contributed by atoms with E-state index < -0.39 is 0 Å². The highest BCUT2D eigenvalue weighted by Gasteiger charge is 2.16. The minimum Gasteiger partial charge on any atom is -0.372 e. The molecule has 0 saturated carbocycles. The third kappa shape index (κ3) is 4.97. The Kier molecular flexibility index (Phi) is 6.42. The van der Waals surface area contributed by atoms with Crippen molar-refractivity contribution in [2.75, 3.05) is 29.9 Å². The molecule has 146 valence electrons. The third-order valence-electron chi connectivity index (χ3n) is 4.94. The zero-order valence-electron chi connectivity index (χ0n) is 16.1. The van der Waals surface area contributed by atoms with Crippen LogP contribution in [0.15, 0.2) is 55.3 Å². The minimum absolute atomic E-state index is 0.195. The maximum absolute atomic E-state index is 12.5. The number of nitrogens with one attached hydrogen (secondary N) is 2. The van der Waals surface area contributed by atoms with Gasteiger partial charge in [0.25, 0.3) is 11.8 Å². The zero-order valence-corrected chi connectivity index (χ0v) is 16.1. The smallest absolute Gasteiger partial charge is 0.274 e. The minimum atomic E-state index is -0.349. The number of aromatic nitrogens is 1. The van der Waals surface area contributed by atoms with E-state index in [0.717, 1.165) is 19.0 Å². The van der Waals surface area contributed by atoms with Crippen molar-refractivity contribution in [2.45, 2.75) is 19.8 Å². The van der Waals surface area contributed by atoms with Crippen LogP contribution >= 0.6 is 0 Å². The second-order valence-electron chi connectivity index (χ2n) is 7.10. The first kappa shape index (κ1) is 19.6. The van der Waals surface area contributed by atoms with Crippen molar-refractivity contribution in [1.82, 2.24) is 10.3 Å². The molecule has 1 aliphatic heterocycles. The lowest BCUT2D eigenvalue weighted by molar-refractivity contribution is 0.0958. The van der Waals surface area contributed by atoms with E-state index in [2.05, 4.69) is 34.0 Å². The van der Waals surface area contributed by atoms with Gasteiger partial charge in [0.2, 0.25) is 0 Å². The van der Waals surface area contributed by atoms with Gasteiger partial charge in [-0.2, -0.15) is 0 Å². The number of carbonyl (C=O) groups excluding carboxylic acids is 2. The molecule has 0 atom stereocenters. The third-order valence-corrected chi connectivity index (χ3v) is 4.94. The molecule has 0 radical (unpaired) electrons. The molecule has 2 aromatic rings. The molecule has 1 fully saturated rings. The summed E-state index contributed by atoms with van der Waals surface area (Å²) in [6.45, 7) is 8.36. The molecule has 0 bridgehead atoms. The summed E-state index contributed by atoms with van der Waals surface area (Å²) in [5, 5.41) is 5.52. The Bertz CT molecular complexity index is 840. The van der Waals surface area contributed by atoms with E-state index in [0.29, 0.717) is 17.8 Å².